The molecule has 0 aromatic heterocycles. The summed E-state index contributed by atoms with van der Waals surface area (Å²) in [5.74, 6) is 0. The SMILES string of the molecule is CCCC(N)(CCC)C(CCC)(CCC)C(CCC)(CCC)CCCCCCCCCCCCCN. The maximum atomic E-state index is 7.65. The van der Waals surface area contributed by atoms with Gasteiger partial charge in [0.05, 0.1) is 0 Å². The molecule has 0 aliphatic rings. The summed E-state index contributed by atoms with van der Waals surface area (Å²) in [6.07, 6.45) is 32.0. The predicted octanol–water partition coefficient (Wildman–Crippen LogP) is 11.1. The normalized spacial score (nSPS) is 13.0. The molecule has 36 heavy (non-hydrogen) atoms. The summed E-state index contributed by atoms with van der Waals surface area (Å²) in [5.41, 5.74) is 13.9. The molecule has 0 saturated carbocycles. The summed E-state index contributed by atoms with van der Waals surface area (Å²) in [5, 5.41) is 0. The highest BCUT2D eigenvalue weighted by Gasteiger charge is 2.57. The van der Waals surface area contributed by atoms with Crippen molar-refractivity contribution >= 4 is 0 Å². The molecule has 0 fully saturated rings. The zero-order valence-corrected chi connectivity index (χ0v) is 26.3. The van der Waals surface area contributed by atoms with Gasteiger partial charge in [-0.25, -0.2) is 0 Å². The Kier molecular flexibility index (Phi) is 21.8. The van der Waals surface area contributed by atoms with Crippen LogP contribution in [0.15, 0.2) is 0 Å². The van der Waals surface area contributed by atoms with Crippen LogP contribution in [0.5, 0.6) is 0 Å². The van der Waals surface area contributed by atoms with Gasteiger partial charge >= 0.3 is 0 Å². The highest BCUT2D eigenvalue weighted by Crippen LogP contribution is 2.62. The first-order valence-corrected chi connectivity index (χ1v) is 16.9. The fraction of sp³-hybridized carbons (Fsp3) is 1.00. The van der Waals surface area contributed by atoms with Crippen LogP contribution in [0.25, 0.3) is 0 Å². The molecule has 0 atom stereocenters. The van der Waals surface area contributed by atoms with Crippen molar-refractivity contribution < 1.29 is 0 Å². The predicted molar refractivity (Wildman–Crippen MR) is 166 cm³/mol. The summed E-state index contributed by atoms with van der Waals surface area (Å²) in [6.45, 7) is 15.3. The molecule has 0 saturated heterocycles. The van der Waals surface area contributed by atoms with E-state index >= 15 is 0 Å². The minimum absolute atomic E-state index is 0.0169. The van der Waals surface area contributed by atoms with Crippen molar-refractivity contribution in [3.8, 4) is 0 Å². The van der Waals surface area contributed by atoms with Gasteiger partial charge < -0.3 is 11.5 Å². The third-order valence-corrected chi connectivity index (χ3v) is 9.53. The first-order valence-electron chi connectivity index (χ1n) is 16.9. The van der Waals surface area contributed by atoms with Crippen molar-refractivity contribution in [2.24, 2.45) is 22.3 Å². The molecule has 2 nitrogen and oxygen atoms in total. The average Bonchev–Trinajstić information content (AvgIpc) is 2.85. The van der Waals surface area contributed by atoms with E-state index in [1.165, 1.54) is 154 Å². The topological polar surface area (TPSA) is 52.0 Å². The minimum Gasteiger partial charge on any atom is -0.330 e. The van der Waals surface area contributed by atoms with E-state index in [-0.39, 0.29) is 11.0 Å². The lowest BCUT2D eigenvalue weighted by atomic mass is 9.45. The number of hydrogen-bond acceptors (Lipinski definition) is 2. The van der Waals surface area contributed by atoms with Crippen molar-refractivity contribution in [2.45, 2.75) is 201 Å². The molecule has 218 valence electrons. The van der Waals surface area contributed by atoms with Crippen LogP contribution in [0.4, 0.5) is 0 Å². The zero-order valence-electron chi connectivity index (χ0n) is 26.3. The lowest BCUT2D eigenvalue weighted by Gasteiger charge is -2.61. The molecule has 0 radical (unpaired) electrons. The van der Waals surface area contributed by atoms with Crippen molar-refractivity contribution in [1.29, 1.82) is 0 Å². The summed E-state index contributed by atoms with van der Waals surface area (Å²) in [7, 11) is 0. The Morgan fingerprint density at radius 3 is 1.06 bits per heavy atom. The van der Waals surface area contributed by atoms with Gasteiger partial charge in [0.15, 0.2) is 0 Å². The monoisotopic (exact) mass is 509 g/mol. The van der Waals surface area contributed by atoms with Gasteiger partial charge in [-0.2, -0.15) is 0 Å². The van der Waals surface area contributed by atoms with E-state index in [1.807, 2.05) is 0 Å². The lowest BCUT2D eigenvalue weighted by molar-refractivity contribution is -0.0861. The van der Waals surface area contributed by atoms with E-state index in [1.54, 1.807) is 0 Å². The molecule has 0 heterocycles. The molecule has 0 aliphatic heterocycles. The fourth-order valence-corrected chi connectivity index (χ4v) is 8.28. The zero-order chi connectivity index (χ0) is 27.2. The molecule has 0 aromatic rings. The Balaban J connectivity index is 5.38. The molecule has 0 bridgehead atoms. The summed E-state index contributed by atoms with van der Waals surface area (Å²) < 4.78 is 0. The lowest BCUT2D eigenvalue weighted by Crippen LogP contribution is -2.63. The van der Waals surface area contributed by atoms with E-state index in [9.17, 15) is 0 Å². The van der Waals surface area contributed by atoms with Crippen molar-refractivity contribution in [3.63, 3.8) is 0 Å². The van der Waals surface area contributed by atoms with E-state index in [0.717, 1.165) is 6.54 Å². The van der Waals surface area contributed by atoms with Gasteiger partial charge in [-0.3, -0.25) is 0 Å². The van der Waals surface area contributed by atoms with Gasteiger partial charge in [0.1, 0.15) is 0 Å². The molecule has 0 unspecified atom stereocenters. The number of unbranched alkanes of at least 4 members (excludes halogenated alkanes) is 10. The number of rotatable bonds is 27. The second-order valence-corrected chi connectivity index (χ2v) is 12.4. The molecule has 0 aromatic carbocycles. The second kappa shape index (κ2) is 21.8. The highest BCUT2D eigenvalue weighted by molar-refractivity contribution is 5.11. The first-order chi connectivity index (χ1) is 17.4. The van der Waals surface area contributed by atoms with E-state index < -0.39 is 0 Å². The Bertz CT molecular complexity index is 454. The van der Waals surface area contributed by atoms with Gasteiger partial charge in [-0.1, -0.05) is 144 Å². The van der Waals surface area contributed by atoms with Crippen LogP contribution >= 0.6 is 0 Å². The van der Waals surface area contributed by atoms with E-state index in [4.69, 9.17) is 11.5 Å². The van der Waals surface area contributed by atoms with Gasteiger partial charge in [0.2, 0.25) is 0 Å². The second-order valence-electron chi connectivity index (χ2n) is 12.4. The number of hydrogen-bond donors (Lipinski definition) is 2. The molecule has 2 heteroatoms. The van der Waals surface area contributed by atoms with Gasteiger partial charge in [0.25, 0.3) is 0 Å². The molecule has 4 N–H and O–H groups in total. The van der Waals surface area contributed by atoms with Crippen LogP contribution in [-0.4, -0.2) is 12.1 Å². The molecule has 0 spiro atoms. The Morgan fingerprint density at radius 1 is 0.389 bits per heavy atom. The van der Waals surface area contributed by atoms with E-state index in [2.05, 4.69) is 41.5 Å². The third kappa shape index (κ3) is 11.3. The summed E-state index contributed by atoms with van der Waals surface area (Å²) in [4.78, 5) is 0. The fourth-order valence-electron chi connectivity index (χ4n) is 8.28. The quantitative estimate of drug-likeness (QED) is 0.108. The molecular weight excluding hydrogens is 436 g/mol. The molecule has 0 aliphatic carbocycles. The van der Waals surface area contributed by atoms with Crippen LogP contribution < -0.4 is 11.5 Å². The molecular formula is C34H72N2. The minimum atomic E-state index is -0.0169. The van der Waals surface area contributed by atoms with Gasteiger partial charge in [-0.15, -0.1) is 0 Å². The van der Waals surface area contributed by atoms with Crippen molar-refractivity contribution in [3.05, 3.63) is 0 Å². The molecule has 0 amide bonds. The van der Waals surface area contributed by atoms with Crippen LogP contribution in [0, 0.1) is 10.8 Å². The Morgan fingerprint density at radius 2 is 0.722 bits per heavy atom. The van der Waals surface area contributed by atoms with Crippen molar-refractivity contribution in [1.82, 2.24) is 0 Å². The molecule has 0 rings (SSSR count). The average molecular weight is 509 g/mol. The first kappa shape index (κ1) is 35.9. The summed E-state index contributed by atoms with van der Waals surface area (Å²) >= 11 is 0. The highest BCUT2D eigenvalue weighted by atomic mass is 14.8. The Hall–Kier alpha value is -0.0800. The third-order valence-electron chi connectivity index (χ3n) is 9.53. The smallest absolute Gasteiger partial charge is 0.0216 e. The standard InChI is InChI=1S/C34H72N2/c1-7-24-32(25-8-2,30-22-20-18-16-14-13-15-17-19-21-23-31-35)33(26-9-3,27-10-4)34(36,28-11-5)29-12-6/h7-31,35-36H2,1-6H3. The van der Waals surface area contributed by atoms with Gasteiger partial charge in [-0.05, 0) is 68.7 Å². The van der Waals surface area contributed by atoms with Crippen molar-refractivity contribution in [2.75, 3.05) is 6.54 Å². The number of nitrogens with two attached hydrogens (primary N) is 2. The van der Waals surface area contributed by atoms with Crippen LogP contribution in [0.3, 0.4) is 0 Å². The van der Waals surface area contributed by atoms with Crippen LogP contribution in [0.2, 0.25) is 0 Å². The maximum Gasteiger partial charge on any atom is 0.0216 e. The Labute approximate surface area is 229 Å². The summed E-state index contributed by atoms with van der Waals surface area (Å²) in [6, 6.07) is 0. The van der Waals surface area contributed by atoms with Crippen LogP contribution in [0.1, 0.15) is 196 Å². The maximum absolute atomic E-state index is 7.65. The van der Waals surface area contributed by atoms with Crippen LogP contribution in [-0.2, 0) is 0 Å². The largest absolute Gasteiger partial charge is 0.330 e. The van der Waals surface area contributed by atoms with E-state index in [0.29, 0.717) is 5.41 Å². The van der Waals surface area contributed by atoms with Gasteiger partial charge in [0, 0.05) is 5.54 Å².